The second-order valence-corrected chi connectivity index (χ2v) is 8.10. The van der Waals surface area contributed by atoms with E-state index in [9.17, 15) is 9.59 Å². The third-order valence-corrected chi connectivity index (χ3v) is 6.53. The number of H-pyrrole nitrogens is 1. The fraction of sp³-hybridized carbons (Fsp3) is 0.409. The smallest absolute Gasteiger partial charge is 0.277 e. The highest BCUT2D eigenvalue weighted by Crippen LogP contribution is 2.38. The van der Waals surface area contributed by atoms with Crippen molar-refractivity contribution in [2.75, 3.05) is 7.05 Å². The molecule has 1 unspecified atom stereocenters. The number of fused-ring (bicyclic) bond motifs is 3. The molecular formula is C22H24N4O2. The largest absolute Gasteiger partial charge is 0.328 e. The van der Waals surface area contributed by atoms with E-state index < -0.39 is 0 Å². The molecule has 0 amide bonds. The summed E-state index contributed by atoms with van der Waals surface area (Å²) in [7, 11) is 2.23. The molecule has 5 rings (SSSR count). The maximum atomic E-state index is 13.6. The summed E-state index contributed by atoms with van der Waals surface area (Å²) in [5.41, 5.74) is 2.50. The van der Waals surface area contributed by atoms with Gasteiger partial charge in [0.15, 0.2) is 0 Å². The van der Waals surface area contributed by atoms with Gasteiger partial charge in [0, 0.05) is 36.0 Å². The number of piperidine rings is 2. The first-order chi connectivity index (χ1) is 13.6. The summed E-state index contributed by atoms with van der Waals surface area (Å²) >= 11 is 0. The highest BCUT2D eigenvalue weighted by atomic mass is 16.1. The molecule has 2 aliphatic rings. The molecule has 2 aliphatic heterocycles. The first kappa shape index (κ1) is 17.4. The van der Waals surface area contributed by atoms with Gasteiger partial charge in [-0.25, -0.2) is 4.98 Å². The predicted octanol–water partition coefficient (Wildman–Crippen LogP) is 2.94. The van der Waals surface area contributed by atoms with Crippen LogP contribution in [-0.2, 0) is 0 Å². The van der Waals surface area contributed by atoms with Crippen LogP contribution in [0.5, 0.6) is 0 Å². The molecule has 0 saturated carbocycles. The number of aromatic nitrogens is 3. The van der Waals surface area contributed by atoms with Crippen LogP contribution < -0.4 is 11.1 Å². The summed E-state index contributed by atoms with van der Waals surface area (Å²) in [6.07, 6.45) is 7.25. The van der Waals surface area contributed by atoms with Crippen molar-refractivity contribution in [1.82, 2.24) is 19.4 Å². The summed E-state index contributed by atoms with van der Waals surface area (Å²) < 4.78 is 1.97. The van der Waals surface area contributed by atoms with Crippen molar-refractivity contribution < 1.29 is 0 Å². The summed E-state index contributed by atoms with van der Waals surface area (Å²) in [4.78, 5) is 34.8. The number of nitrogens with zero attached hydrogens (tertiary/aromatic N) is 3. The van der Waals surface area contributed by atoms with Crippen molar-refractivity contribution in [3.05, 3.63) is 63.3 Å². The topological polar surface area (TPSA) is 71.0 Å². The number of benzene rings is 1. The molecule has 0 radical (unpaired) electrons. The Hall–Kier alpha value is -2.73. The van der Waals surface area contributed by atoms with E-state index in [1.807, 2.05) is 28.8 Å². The Labute approximate surface area is 162 Å². The van der Waals surface area contributed by atoms with Crippen molar-refractivity contribution in [2.24, 2.45) is 0 Å². The standard InChI is InChI=1S/C22H24N4O2/c1-25-15-5-4-6-16(25)12-17(11-15)26-19-8-3-2-7-18(19)24-21(22(26)28)14-9-10-20(27)23-13-14/h2-3,7-10,13,15-17H,4-6,11-12H2,1H3,(H,23,27)/t15-,16+,17?. The zero-order valence-electron chi connectivity index (χ0n) is 16.0. The zero-order chi connectivity index (χ0) is 19.3. The van der Waals surface area contributed by atoms with Crippen LogP contribution in [0.4, 0.5) is 0 Å². The van der Waals surface area contributed by atoms with E-state index in [0.29, 0.717) is 23.3 Å². The van der Waals surface area contributed by atoms with Gasteiger partial charge in [-0.15, -0.1) is 0 Å². The lowest BCUT2D eigenvalue weighted by molar-refractivity contribution is 0.0403. The van der Waals surface area contributed by atoms with Crippen molar-refractivity contribution in [3.8, 4) is 11.3 Å². The molecule has 1 N–H and O–H groups in total. The van der Waals surface area contributed by atoms with Crippen molar-refractivity contribution in [3.63, 3.8) is 0 Å². The maximum Gasteiger partial charge on any atom is 0.277 e. The third-order valence-electron chi connectivity index (χ3n) is 6.53. The van der Waals surface area contributed by atoms with Gasteiger partial charge in [0.25, 0.3) is 5.56 Å². The molecule has 0 aliphatic carbocycles. The summed E-state index contributed by atoms with van der Waals surface area (Å²) in [5.74, 6) is 0. The lowest BCUT2D eigenvalue weighted by Crippen LogP contribution is -2.51. The van der Waals surface area contributed by atoms with Crippen molar-refractivity contribution in [2.45, 2.75) is 50.2 Å². The van der Waals surface area contributed by atoms with E-state index >= 15 is 0 Å². The van der Waals surface area contributed by atoms with Gasteiger partial charge < -0.3 is 14.5 Å². The molecule has 144 valence electrons. The molecule has 2 bridgehead atoms. The predicted molar refractivity (Wildman–Crippen MR) is 110 cm³/mol. The number of hydrogen-bond donors (Lipinski definition) is 1. The second kappa shape index (κ2) is 6.71. The summed E-state index contributed by atoms with van der Waals surface area (Å²) in [6, 6.07) is 12.2. The Kier molecular flexibility index (Phi) is 4.16. The molecule has 6 nitrogen and oxygen atoms in total. The Morgan fingerprint density at radius 3 is 2.46 bits per heavy atom. The van der Waals surface area contributed by atoms with E-state index in [1.165, 1.54) is 25.3 Å². The fourth-order valence-electron chi connectivity index (χ4n) is 5.06. The Balaban J connectivity index is 1.69. The van der Waals surface area contributed by atoms with Gasteiger partial charge in [0.2, 0.25) is 5.56 Å². The van der Waals surface area contributed by atoms with Gasteiger partial charge in [-0.1, -0.05) is 18.6 Å². The maximum absolute atomic E-state index is 13.6. The van der Waals surface area contributed by atoms with E-state index in [4.69, 9.17) is 0 Å². The summed E-state index contributed by atoms with van der Waals surface area (Å²) in [5, 5.41) is 0. The van der Waals surface area contributed by atoms with Gasteiger partial charge in [-0.3, -0.25) is 9.59 Å². The van der Waals surface area contributed by atoms with Crippen LogP contribution in [-0.4, -0.2) is 38.6 Å². The number of para-hydroxylation sites is 2. The van der Waals surface area contributed by atoms with Crippen LogP contribution in [0.2, 0.25) is 0 Å². The lowest BCUT2D eigenvalue weighted by atomic mass is 9.82. The quantitative estimate of drug-likeness (QED) is 0.746. The minimum absolute atomic E-state index is 0.0709. The molecule has 28 heavy (non-hydrogen) atoms. The normalized spacial score (nSPS) is 25.1. The molecule has 3 atom stereocenters. The van der Waals surface area contributed by atoms with Crippen LogP contribution in [0.1, 0.15) is 38.1 Å². The highest BCUT2D eigenvalue weighted by molar-refractivity contribution is 5.77. The SMILES string of the molecule is CN1[C@@H]2CCC[C@H]1CC(n1c(=O)c(-c3ccc(=O)[nH]c3)nc3ccccc31)C2. The van der Waals surface area contributed by atoms with E-state index in [0.717, 1.165) is 23.9 Å². The van der Waals surface area contributed by atoms with E-state index in [2.05, 4.69) is 21.9 Å². The average Bonchev–Trinajstić information content (AvgIpc) is 2.68. The molecule has 2 aromatic heterocycles. The number of hydrogen-bond acceptors (Lipinski definition) is 4. The van der Waals surface area contributed by atoms with Gasteiger partial charge in [-0.05, 0) is 50.9 Å². The first-order valence-electron chi connectivity index (χ1n) is 10.0. The Morgan fingerprint density at radius 1 is 1.00 bits per heavy atom. The van der Waals surface area contributed by atoms with E-state index in [-0.39, 0.29) is 17.2 Å². The zero-order valence-corrected chi connectivity index (χ0v) is 16.0. The molecule has 2 fully saturated rings. The highest BCUT2D eigenvalue weighted by Gasteiger charge is 2.37. The molecule has 6 heteroatoms. The third kappa shape index (κ3) is 2.79. The molecule has 2 saturated heterocycles. The van der Waals surface area contributed by atoms with Crippen LogP contribution in [0.25, 0.3) is 22.3 Å². The monoisotopic (exact) mass is 376 g/mol. The molecule has 3 aromatic rings. The number of pyridine rings is 1. The van der Waals surface area contributed by atoms with Crippen molar-refractivity contribution in [1.29, 1.82) is 0 Å². The van der Waals surface area contributed by atoms with E-state index in [1.54, 1.807) is 12.3 Å². The first-order valence-corrected chi connectivity index (χ1v) is 10.0. The molecule has 4 heterocycles. The molecular weight excluding hydrogens is 352 g/mol. The fourth-order valence-corrected chi connectivity index (χ4v) is 5.06. The van der Waals surface area contributed by atoms with Crippen LogP contribution >= 0.6 is 0 Å². The lowest BCUT2D eigenvalue weighted by Gasteiger charge is -2.47. The van der Waals surface area contributed by atoms with Crippen LogP contribution in [0, 0.1) is 0 Å². The molecule has 1 aromatic carbocycles. The van der Waals surface area contributed by atoms with Crippen molar-refractivity contribution >= 4 is 11.0 Å². The average molecular weight is 376 g/mol. The Morgan fingerprint density at radius 2 is 1.75 bits per heavy atom. The van der Waals surface area contributed by atoms with Crippen LogP contribution in [0.3, 0.4) is 0 Å². The number of nitrogens with one attached hydrogen (secondary N) is 1. The van der Waals surface area contributed by atoms with Crippen LogP contribution in [0.15, 0.2) is 52.2 Å². The van der Waals surface area contributed by atoms with Gasteiger partial charge >= 0.3 is 0 Å². The van der Waals surface area contributed by atoms with Gasteiger partial charge in [0.05, 0.1) is 11.0 Å². The van der Waals surface area contributed by atoms with Gasteiger partial charge in [0.1, 0.15) is 5.69 Å². The molecule has 0 spiro atoms. The second-order valence-electron chi connectivity index (χ2n) is 8.10. The minimum Gasteiger partial charge on any atom is -0.328 e. The number of aromatic amines is 1. The Bertz CT molecular complexity index is 1110. The van der Waals surface area contributed by atoms with Gasteiger partial charge in [-0.2, -0.15) is 0 Å². The number of rotatable bonds is 2. The minimum atomic E-state index is -0.187. The summed E-state index contributed by atoms with van der Waals surface area (Å²) in [6.45, 7) is 0.